The molecule has 1 saturated carbocycles. The van der Waals surface area contributed by atoms with Crippen LogP contribution in [-0.2, 0) is 4.74 Å². The van der Waals surface area contributed by atoms with Gasteiger partial charge >= 0.3 is 0 Å². The van der Waals surface area contributed by atoms with E-state index >= 15 is 0 Å². The summed E-state index contributed by atoms with van der Waals surface area (Å²) in [7, 11) is 0. The Balaban J connectivity index is 1.50. The van der Waals surface area contributed by atoms with E-state index < -0.39 is 0 Å². The molecule has 32 heavy (non-hydrogen) atoms. The number of hydrogen-bond donors (Lipinski definition) is 1. The standard InChI is InChI=1S/C23H25BrFN5O2/c1-14-17-13-26-23(28-21(17)30(22(31)20(14)24)16-4-2-3-5-16)27-15-6-7-19(18(25)12-15)29-8-10-32-11-9-29/h6-7,12-13,16H,2-5,8-11H2,1H3,(H,26,27,28). The Hall–Kier alpha value is -2.52. The number of morpholine rings is 1. The van der Waals surface area contributed by atoms with Crippen LogP contribution in [0.3, 0.4) is 0 Å². The van der Waals surface area contributed by atoms with Crippen molar-refractivity contribution in [2.24, 2.45) is 0 Å². The number of benzene rings is 1. The largest absolute Gasteiger partial charge is 0.378 e. The molecule has 7 nitrogen and oxygen atoms in total. The lowest BCUT2D eigenvalue weighted by atomic mass is 10.1. The van der Waals surface area contributed by atoms with Gasteiger partial charge in [-0.1, -0.05) is 12.8 Å². The third kappa shape index (κ3) is 3.88. The van der Waals surface area contributed by atoms with Gasteiger partial charge in [-0.3, -0.25) is 9.36 Å². The summed E-state index contributed by atoms with van der Waals surface area (Å²) in [5.74, 6) is 0.0317. The van der Waals surface area contributed by atoms with Gasteiger partial charge in [0.2, 0.25) is 5.95 Å². The molecule has 1 N–H and O–H groups in total. The summed E-state index contributed by atoms with van der Waals surface area (Å²) in [6.07, 6.45) is 5.87. The molecule has 0 spiro atoms. The zero-order valence-electron chi connectivity index (χ0n) is 17.9. The lowest BCUT2D eigenvalue weighted by Gasteiger charge is -2.29. The van der Waals surface area contributed by atoms with E-state index in [4.69, 9.17) is 9.72 Å². The molecule has 3 heterocycles. The van der Waals surface area contributed by atoms with Crippen LogP contribution in [-0.4, -0.2) is 40.8 Å². The van der Waals surface area contributed by atoms with E-state index in [2.05, 4.69) is 26.2 Å². The molecular weight excluding hydrogens is 477 g/mol. The van der Waals surface area contributed by atoms with Crippen molar-refractivity contribution >= 4 is 44.3 Å². The van der Waals surface area contributed by atoms with Crippen molar-refractivity contribution in [1.29, 1.82) is 0 Å². The first-order valence-electron chi connectivity index (χ1n) is 11.0. The number of nitrogens with zero attached hydrogens (tertiary/aromatic N) is 4. The van der Waals surface area contributed by atoms with E-state index in [1.54, 1.807) is 16.8 Å². The maximum absolute atomic E-state index is 14.8. The molecule has 0 amide bonds. The van der Waals surface area contributed by atoms with Crippen LogP contribution >= 0.6 is 15.9 Å². The smallest absolute Gasteiger partial charge is 0.267 e. The Labute approximate surface area is 193 Å². The maximum atomic E-state index is 14.8. The Kier molecular flexibility index (Phi) is 5.86. The second-order valence-corrected chi connectivity index (χ2v) is 9.17. The second kappa shape index (κ2) is 8.78. The van der Waals surface area contributed by atoms with Gasteiger partial charge in [0.25, 0.3) is 5.56 Å². The van der Waals surface area contributed by atoms with Gasteiger partial charge in [0.15, 0.2) is 0 Å². The van der Waals surface area contributed by atoms with Crippen LogP contribution in [0.25, 0.3) is 11.0 Å². The van der Waals surface area contributed by atoms with Gasteiger partial charge in [-0.25, -0.2) is 9.37 Å². The highest BCUT2D eigenvalue weighted by molar-refractivity contribution is 9.10. The molecule has 168 valence electrons. The predicted octanol–water partition coefficient (Wildman–Crippen LogP) is 4.70. The third-order valence-electron chi connectivity index (χ3n) is 6.38. The number of hydrogen-bond acceptors (Lipinski definition) is 6. The summed E-state index contributed by atoms with van der Waals surface area (Å²) < 4.78 is 22.5. The van der Waals surface area contributed by atoms with Crippen molar-refractivity contribution in [2.45, 2.75) is 38.6 Å². The van der Waals surface area contributed by atoms with Crippen LogP contribution in [0.15, 0.2) is 33.7 Å². The van der Waals surface area contributed by atoms with Crippen molar-refractivity contribution in [3.05, 3.63) is 50.6 Å². The van der Waals surface area contributed by atoms with E-state index in [1.807, 2.05) is 17.9 Å². The van der Waals surface area contributed by atoms with Gasteiger partial charge in [-0.2, -0.15) is 4.98 Å². The van der Waals surface area contributed by atoms with Gasteiger partial charge in [0.1, 0.15) is 11.5 Å². The number of halogens is 2. The molecule has 1 aliphatic heterocycles. The molecule has 0 unspecified atom stereocenters. The van der Waals surface area contributed by atoms with Crippen molar-refractivity contribution < 1.29 is 9.13 Å². The quantitative estimate of drug-likeness (QED) is 0.558. The van der Waals surface area contributed by atoms with Crippen LogP contribution in [0.5, 0.6) is 0 Å². The number of ether oxygens (including phenoxy) is 1. The number of aryl methyl sites for hydroxylation is 1. The zero-order valence-corrected chi connectivity index (χ0v) is 19.5. The Bertz CT molecular complexity index is 1220. The van der Waals surface area contributed by atoms with Crippen LogP contribution < -0.4 is 15.8 Å². The number of anilines is 3. The van der Waals surface area contributed by atoms with Crippen molar-refractivity contribution in [3.63, 3.8) is 0 Å². The molecule has 1 aliphatic carbocycles. The molecule has 0 radical (unpaired) electrons. The molecule has 0 atom stereocenters. The predicted molar refractivity (Wildman–Crippen MR) is 126 cm³/mol. The Morgan fingerprint density at radius 2 is 1.97 bits per heavy atom. The molecule has 9 heteroatoms. The fourth-order valence-corrected chi connectivity index (χ4v) is 5.04. The third-order valence-corrected chi connectivity index (χ3v) is 7.32. The summed E-state index contributed by atoms with van der Waals surface area (Å²) in [5, 5.41) is 3.94. The molecule has 1 aromatic carbocycles. The number of pyridine rings is 1. The summed E-state index contributed by atoms with van der Waals surface area (Å²) in [6.45, 7) is 4.43. The van der Waals surface area contributed by atoms with E-state index in [9.17, 15) is 9.18 Å². The summed E-state index contributed by atoms with van der Waals surface area (Å²) >= 11 is 3.46. The number of aromatic nitrogens is 3. The summed E-state index contributed by atoms with van der Waals surface area (Å²) in [6, 6.07) is 5.17. The first-order valence-corrected chi connectivity index (χ1v) is 11.8. The van der Waals surface area contributed by atoms with Crippen molar-refractivity contribution in [3.8, 4) is 0 Å². The van der Waals surface area contributed by atoms with Gasteiger partial charge in [-0.15, -0.1) is 0 Å². The van der Waals surface area contributed by atoms with Crippen LogP contribution in [0, 0.1) is 12.7 Å². The van der Waals surface area contributed by atoms with Gasteiger partial charge in [0, 0.05) is 36.4 Å². The highest BCUT2D eigenvalue weighted by Crippen LogP contribution is 2.33. The van der Waals surface area contributed by atoms with Crippen LogP contribution in [0.4, 0.5) is 21.7 Å². The molecule has 2 aromatic heterocycles. The summed E-state index contributed by atoms with van der Waals surface area (Å²) in [4.78, 5) is 24.2. The highest BCUT2D eigenvalue weighted by Gasteiger charge is 2.24. The van der Waals surface area contributed by atoms with Gasteiger partial charge in [-0.05, 0) is 59.5 Å². The van der Waals surface area contributed by atoms with Crippen molar-refractivity contribution in [1.82, 2.24) is 14.5 Å². The number of nitrogens with one attached hydrogen (secondary N) is 1. The van der Waals surface area contributed by atoms with Crippen LogP contribution in [0.1, 0.15) is 37.3 Å². The molecule has 1 saturated heterocycles. The summed E-state index contributed by atoms with van der Waals surface area (Å²) in [5.41, 5.74) is 2.50. The number of fused-ring (bicyclic) bond motifs is 1. The average Bonchev–Trinajstić information content (AvgIpc) is 3.33. The first kappa shape index (κ1) is 21.3. The molecule has 2 aliphatic rings. The van der Waals surface area contributed by atoms with E-state index in [0.717, 1.165) is 36.6 Å². The van der Waals surface area contributed by atoms with E-state index in [0.29, 0.717) is 53.7 Å². The SMILES string of the molecule is Cc1c(Br)c(=O)n(C2CCCC2)c2nc(Nc3ccc(N4CCOCC4)c(F)c3)ncc12. The van der Waals surface area contributed by atoms with Gasteiger partial charge in [0.05, 0.1) is 23.4 Å². The lowest BCUT2D eigenvalue weighted by molar-refractivity contribution is 0.122. The highest BCUT2D eigenvalue weighted by atomic mass is 79.9. The fraction of sp³-hybridized carbons (Fsp3) is 0.435. The average molecular weight is 502 g/mol. The minimum atomic E-state index is -0.305. The Morgan fingerprint density at radius 1 is 1.22 bits per heavy atom. The topological polar surface area (TPSA) is 72.3 Å². The van der Waals surface area contributed by atoms with Crippen LogP contribution in [0.2, 0.25) is 0 Å². The second-order valence-electron chi connectivity index (χ2n) is 8.37. The molecule has 2 fully saturated rings. The molecule has 3 aromatic rings. The monoisotopic (exact) mass is 501 g/mol. The minimum absolute atomic E-state index is 0.0625. The fourth-order valence-electron chi connectivity index (χ4n) is 4.64. The van der Waals surface area contributed by atoms with E-state index in [-0.39, 0.29) is 17.4 Å². The maximum Gasteiger partial charge on any atom is 0.267 e. The van der Waals surface area contributed by atoms with Gasteiger partial charge < -0.3 is 15.0 Å². The zero-order chi connectivity index (χ0) is 22.2. The molecular formula is C23H25BrFN5O2. The lowest BCUT2D eigenvalue weighted by Crippen LogP contribution is -2.36. The normalized spacial score (nSPS) is 17.3. The Morgan fingerprint density at radius 3 is 2.69 bits per heavy atom. The van der Waals surface area contributed by atoms with Crippen molar-refractivity contribution in [2.75, 3.05) is 36.5 Å². The van der Waals surface area contributed by atoms with E-state index in [1.165, 1.54) is 6.07 Å². The number of rotatable bonds is 4. The minimum Gasteiger partial charge on any atom is -0.378 e. The molecule has 0 bridgehead atoms. The first-order chi connectivity index (χ1) is 15.5. The molecule has 5 rings (SSSR count).